The van der Waals surface area contributed by atoms with Crippen LogP contribution < -0.4 is 0 Å². The van der Waals surface area contributed by atoms with Gasteiger partial charge in [0, 0.05) is 12.1 Å². The monoisotopic (exact) mass is 391 g/mol. The summed E-state index contributed by atoms with van der Waals surface area (Å²) in [7, 11) is 0. The van der Waals surface area contributed by atoms with E-state index in [1.165, 1.54) is 17.7 Å². The van der Waals surface area contributed by atoms with E-state index in [1.54, 1.807) is 4.68 Å². The number of carbonyl (C=O) groups excluding carboxylic acids is 1. The number of nitrogens with zero attached hydrogens (tertiary/aromatic N) is 3. The van der Waals surface area contributed by atoms with Gasteiger partial charge >= 0.3 is 0 Å². The third kappa shape index (κ3) is 3.07. The normalized spacial score (nSPS) is 10.8. The quantitative estimate of drug-likeness (QED) is 0.729. The third-order valence-corrected chi connectivity index (χ3v) is 4.75. The number of rotatable bonds is 5. The molecule has 0 aliphatic heterocycles. The molecule has 0 aliphatic rings. The molecule has 2 aromatic heterocycles. The molecule has 2 aromatic rings. The van der Waals surface area contributed by atoms with Crippen LogP contribution in [0.4, 0.5) is 0 Å². The summed E-state index contributed by atoms with van der Waals surface area (Å²) in [6.45, 7) is 2.86. The molecular weight excluding hydrogens is 382 g/mol. The molecule has 2 rings (SSSR count). The molecule has 0 saturated heterocycles. The van der Waals surface area contributed by atoms with Gasteiger partial charge in [-0.2, -0.15) is 5.10 Å². The number of hydrogen-bond acceptors (Lipinski definition) is 4. The van der Waals surface area contributed by atoms with Crippen molar-refractivity contribution in [2.24, 2.45) is 0 Å². The maximum absolute atomic E-state index is 12.2. The lowest BCUT2D eigenvalue weighted by molar-refractivity contribution is 0.0989. The van der Waals surface area contributed by atoms with Gasteiger partial charge < -0.3 is 0 Å². The standard InChI is InChI=1S/C11H11Br2N3OS/c1-2-3-16-10(14-6-15-16)5-8(17)7-4-9(12)18-11(7)13/h4,6H,2-3,5H2,1H3. The van der Waals surface area contributed by atoms with Crippen molar-refractivity contribution in [1.82, 2.24) is 14.8 Å². The van der Waals surface area contributed by atoms with Crippen molar-refractivity contribution in [3.05, 3.63) is 31.4 Å². The minimum absolute atomic E-state index is 0.0502. The number of thiophene rings is 1. The summed E-state index contributed by atoms with van der Waals surface area (Å²) >= 11 is 8.26. The van der Waals surface area contributed by atoms with Crippen LogP contribution in [-0.4, -0.2) is 20.5 Å². The van der Waals surface area contributed by atoms with Gasteiger partial charge in [0.25, 0.3) is 0 Å². The van der Waals surface area contributed by atoms with Gasteiger partial charge in [-0.3, -0.25) is 4.79 Å². The van der Waals surface area contributed by atoms with Crippen LogP contribution in [0.25, 0.3) is 0 Å². The number of hydrogen-bond donors (Lipinski definition) is 0. The Labute approximate surface area is 126 Å². The highest BCUT2D eigenvalue weighted by atomic mass is 79.9. The first-order valence-electron chi connectivity index (χ1n) is 5.46. The molecule has 0 spiro atoms. The maximum atomic E-state index is 12.2. The molecule has 0 aromatic carbocycles. The van der Waals surface area contributed by atoms with E-state index in [9.17, 15) is 4.79 Å². The fourth-order valence-corrected chi connectivity index (χ4v) is 4.45. The summed E-state index contributed by atoms with van der Waals surface area (Å²) in [6, 6.07) is 1.83. The van der Waals surface area contributed by atoms with Gasteiger partial charge in [-0.05, 0) is 44.3 Å². The van der Waals surface area contributed by atoms with Crippen LogP contribution in [-0.2, 0) is 13.0 Å². The molecule has 0 amide bonds. The van der Waals surface area contributed by atoms with Crippen LogP contribution in [0.1, 0.15) is 29.5 Å². The number of ketones is 1. The second-order valence-electron chi connectivity index (χ2n) is 3.74. The average molecular weight is 393 g/mol. The van der Waals surface area contributed by atoms with Gasteiger partial charge in [-0.1, -0.05) is 6.92 Å². The first-order valence-corrected chi connectivity index (χ1v) is 7.86. The number of aromatic nitrogens is 3. The summed E-state index contributed by atoms with van der Waals surface area (Å²) in [4.78, 5) is 16.3. The van der Waals surface area contributed by atoms with Crippen molar-refractivity contribution in [2.75, 3.05) is 0 Å². The van der Waals surface area contributed by atoms with Crippen LogP contribution in [0.3, 0.4) is 0 Å². The number of aryl methyl sites for hydroxylation is 1. The zero-order valence-electron chi connectivity index (χ0n) is 9.69. The highest BCUT2D eigenvalue weighted by molar-refractivity contribution is 9.12. The van der Waals surface area contributed by atoms with Gasteiger partial charge in [0.05, 0.1) is 14.0 Å². The molecule has 0 radical (unpaired) electrons. The lowest BCUT2D eigenvalue weighted by Gasteiger charge is -2.03. The maximum Gasteiger partial charge on any atom is 0.172 e. The van der Waals surface area contributed by atoms with Crippen molar-refractivity contribution >= 4 is 49.0 Å². The minimum Gasteiger partial charge on any atom is -0.294 e. The molecule has 0 N–H and O–H groups in total. The fourth-order valence-electron chi connectivity index (χ4n) is 1.59. The Bertz CT molecular complexity index is 564. The van der Waals surface area contributed by atoms with E-state index in [1.807, 2.05) is 6.07 Å². The third-order valence-electron chi connectivity index (χ3n) is 2.41. The molecule has 0 saturated carbocycles. The van der Waals surface area contributed by atoms with Gasteiger partial charge in [0.2, 0.25) is 0 Å². The van der Waals surface area contributed by atoms with Crippen LogP contribution in [0.15, 0.2) is 20.0 Å². The molecule has 0 atom stereocenters. The summed E-state index contributed by atoms with van der Waals surface area (Å²) < 4.78 is 3.57. The Hall–Kier alpha value is -0.530. The Morgan fingerprint density at radius 1 is 1.50 bits per heavy atom. The second kappa shape index (κ2) is 6.08. The zero-order valence-corrected chi connectivity index (χ0v) is 13.7. The van der Waals surface area contributed by atoms with Gasteiger partial charge in [0.1, 0.15) is 12.2 Å². The van der Waals surface area contributed by atoms with Crippen molar-refractivity contribution < 1.29 is 4.79 Å². The van der Waals surface area contributed by atoms with Crippen LogP contribution in [0, 0.1) is 0 Å². The predicted molar refractivity (Wildman–Crippen MR) is 78.1 cm³/mol. The summed E-state index contributed by atoms with van der Waals surface area (Å²) in [5, 5.41) is 4.12. The topological polar surface area (TPSA) is 47.8 Å². The number of carbonyl (C=O) groups is 1. The van der Waals surface area contributed by atoms with E-state index >= 15 is 0 Å². The van der Waals surface area contributed by atoms with Crippen LogP contribution in [0.5, 0.6) is 0 Å². The molecular formula is C11H11Br2N3OS. The van der Waals surface area contributed by atoms with E-state index < -0.39 is 0 Å². The van der Waals surface area contributed by atoms with E-state index in [0.29, 0.717) is 5.56 Å². The van der Waals surface area contributed by atoms with E-state index in [2.05, 4.69) is 48.9 Å². The fraction of sp³-hybridized carbons (Fsp3) is 0.364. The number of halogens is 2. The van der Waals surface area contributed by atoms with E-state index in [0.717, 1.165) is 26.4 Å². The average Bonchev–Trinajstić information content (AvgIpc) is 2.87. The smallest absolute Gasteiger partial charge is 0.172 e. The predicted octanol–water partition coefficient (Wildman–Crippen LogP) is 3.70. The zero-order chi connectivity index (χ0) is 13.1. The molecule has 0 fully saturated rings. The summed E-state index contributed by atoms with van der Waals surface area (Å²) in [5.41, 5.74) is 0.693. The second-order valence-corrected chi connectivity index (χ2v) is 7.49. The molecule has 7 heteroatoms. The Morgan fingerprint density at radius 2 is 2.28 bits per heavy atom. The molecule has 0 bridgehead atoms. The molecule has 0 aliphatic carbocycles. The van der Waals surface area contributed by atoms with Crippen LogP contribution >= 0.6 is 43.2 Å². The minimum atomic E-state index is 0.0502. The molecule has 2 heterocycles. The van der Waals surface area contributed by atoms with Crippen molar-refractivity contribution in [3.8, 4) is 0 Å². The molecule has 18 heavy (non-hydrogen) atoms. The van der Waals surface area contributed by atoms with Crippen molar-refractivity contribution in [1.29, 1.82) is 0 Å². The Kier molecular flexibility index (Phi) is 4.69. The van der Waals surface area contributed by atoms with Gasteiger partial charge in [-0.15, -0.1) is 11.3 Å². The van der Waals surface area contributed by atoms with Crippen molar-refractivity contribution in [3.63, 3.8) is 0 Å². The lowest BCUT2D eigenvalue weighted by atomic mass is 10.1. The first kappa shape index (κ1) is 13.9. The Balaban J connectivity index is 2.16. The lowest BCUT2D eigenvalue weighted by Crippen LogP contribution is -2.11. The summed E-state index contributed by atoms with van der Waals surface area (Å²) in [5.74, 6) is 0.769. The molecule has 0 unspecified atom stereocenters. The van der Waals surface area contributed by atoms with E-state index in [-0.39, 0.29) is 12.2 Å². The van der Waals surface area contributed by atoms with Crippen molar-refractivity contribution in [2.45, 2.75) is 26.3 Å². The highest BCUT2D eigenvalue weighted by Gasteiger charge is 2.16. The SMILES string of the molecule is CCCn1ncnc1CC(=O)c1cc(Br)sc1Br. The first-order chi connectivity index (χ1) is 8.61. The van der Waals surface area contributed by atoms with Gasteiger partial charge in [-0.25, -0.2) is 9.67 Å². The molecule has 96 valence electrons. The van der Waals surface area contributed by atoms with Crippen LogP contribution in [0.2, 0.25) is 0 Å². The summed E-state index contributed by atoms with van der Waals surface area (Å²) in [6.07, 6.45) is 2.75. The number of Topliss-reactive ketones (excluding diaryl/α,β-unsaturated/α-hetero) is 1. The highest BCUT2D eigenvalue weighted by Crippen LogP contribution is 2.32. The molecule has 4 nitrogen and oxygen atoms in total. The Morgan fingerprint density at radius 3 is 2.89 bits per heavy atom. The van der Waals surface area contributed by atoms with Gasteiger partial charge in [0.15, 0.2) is 5.78 Å². The van der Waals surface area contributed by atoms with E-state index in [4.69, 9.17) is 0 Å². The largest absolute Gasteiger partial charge is 0.294 e.